The molecule has 0 amide bonds. The van der Waals surface area contributed by atoms with Crippen molar-refractivity contribution < 1.29 is 0 Å². The molecule has 0 unspecified atom stereocenters. The minimum Gasteiger partial charge on any atom is -0.264 e. The molecule has 0 saturated heterocycles. The highest BCUT2D eigenvalue weighted by molar-refractivity contribution is 7.13. The number of nitrogens with zero attached hydrogens (tertiary/aromatic N) is 2. The Morgan fingerprint density at radius 3 is 2.75 bits per heavy atom. The number of aromatic nitrogens is 2. The average molecular weight is 280 g/mol. The fourth-order valence-electron chi connectivity index (χ4n) is 2.25. The van der Waals surface area contributed by atoms with E-state index in [1.54, 1.807) is 11.3 Å². The van der Waals surface area contributed by atoms with Crippen LogP contribution in [0.1, 0.15) is 18.9 Å². The fourth-order valence-corrected chi connectivity index (χ4v) is 3.08. The number of rotatable bonds is 4. The van der Waals surface area contributed by atoms with Gasteiger partial charge in [-0.05, 0) is 18.1 Å². The van der Waals surface area contributed by atoms with Gasteiger partial charge in [0.15, 0.2) is 0 Å². The standard InChI is InChI=1S/C17H16N2S/c1-2-6-13-9-10-18-11-15(13)16-12-20-17(19-16)14-7-4-3-5-8-14/h3-5,7-12H,2,6H2,1H3. The molecule has 100 valence electrons. The first-order valence-corrected chi connectivity index (χ1v) is 7.70. The Hall–Kier alpha value is -2.00. The van der Waals surface area contributed by atoms with Gasteiger partial charge in [-0.25, -0.2) is 4.98 Å². The zero-order chi connectivity index (χ0) is 13.8. The van der Waals surface area contributed by atoms with Crippen LogP contribution in [0.25, 0.3) is 21.8 Å². The van der Waals surface area contributed by atoms with Gasteiger partial charge in [0.05, 0.1) is 5.69 Å². The van der Waals surface area contributed by atoms with E-state index < -0.39 is 0 Å². The molecule has 0 aliphatic rings. The van der Waals surface area contributed by atoms with E-state index in [-0.39, 0.29) is 0 Å². The summed E-state index contributed by atoms with van der Waals surface area (Å²) in [6.07, 6.45) is 5.98. The highest BCUT2D eigenvalue weighted by Crippen LogP contribution is 2.30. The Balaban J connectivity index is 1.98. The summed E-state index contributed by atoms with van der Waals surface area (Å²) in [6, 6.07) is 12.4. The van der Waals surface area contributed by atoms with Crippen LogP contribution < -0.4 is 0 Å². The van der Waals surface area contributed by atoms with E-state index in [0.717, 1.165) is 29.1 Å². The Labute approximate surface area is 123 Å². The van der Waals surface area contributed by atoms with Crippen LogP contribution in [0.2, 0.25) is 0 Å². The van der Waals surface area contributed by atoms with Gasteiger partial charge in [-0.3, -0.25) is 4.98 Å². The molecule has 20 heavy (non-hydrogen) atoms. The Kier molecular flexibility index (Phi) is 3.88. The smallest absolute Gasteiger partial charge is 0.124 e. The van der Waals surface area contributed by atoms with Crippen molar-refractivity contribution in [3.63, 3.8) is 0 Å². The van der Waals surface area contributed by atoms with E-state index in [1.165, 1.54) is 11.1 Å². The molecular weight excluding hydrogens is 264 g/mol. The van der Waals surface area contributed by atoms with E-state index in [0.29, 0.717) is 0 Å². The summed E-state index contributed by atoms with van der Waals surface area (Å²) in [5.74, 6) is 0. The monoisotopic (exact) mass is 280 g/mol. The molecule has 0 aliphatic carbocycles. The van der Waals surface area contributed by atoms with Crippen LogP contribution in [0, 0.1) is 0 Å². The molecule has 0 aliphatic heterocycles. The molecule has 2 nitrogen and oxygen atoms in total. The molecule has 0 N–H and O–H groups in total. The van der Waals surface area contributed by atoms with Crippen LogP contribution in [0.5, 0.6) is 0 Å². The highest BCUT2D eigenvalue weighted by Gasteiger charge is 2.10. The first-order chi connectivity index (χ1) is 9.88. The largest absolute Gasteiger partial charge is 0.264 e. The molecule has 3 heteroatoms. The van der Waals surface area contributed by atoms with E-state index >= 15 is 0 Å². The van der Waals surface area contributed by atoms with Crippen molar-refractivity contribution in [3.8, 4) is 21.8 Å². The maximum atomic E-state index is 4.77. The van der Waals surface area contributed by atoms with Gasteiger partial charge < -0.3 is 0 Å². The van der Waals surface area contributed by atoms with Crippen molar-refractivity contribution in [1.29, 1.82) is 0 Å². The van der Waals surface area contributed by atoms with Crippen molar-refractivity contribution in [3.05, 3.63) is 59.7 Å². The number of aryl methyl sites for hydroxylation is 1. The molecule has 1 aromatic carbocycles. The molecule has 0 fully saturated rings. The van der Waals surface area contributed by atoms with Crippen molar-refractivity contribution in [2.75, 3.05) is 0 Å². The first kappa shape index (κ1) is 13.0. The predicted molar refractivity (Wildman–Crippen MR) is 84.8 cm³/mol. The molecule has 0 radical (unpaired) electrons. The molecule has 0 bridgehead atoms. The molecule has 0 saturated carbocycles. The number of thiazole rings is 1. The van der Waals surface area contributed by atoms with Gasteiger partial charge in [0.2, 0.25) is 0 Å². The van der Waals surface area contributed by atoms with Gasteiger partial charge in [-0.2, -0.15) is 0 Å². The molecule has 3 rings (SSSR count). The van der Waals surface area contributed by atoms with Gasteiger partial charge in [0, 0.05) is 28.9 Å². The lowest BCUT2D eigenvalue weighted by atomic mass is 10.0. The topological polar surface area (TPSA) is 25.8 Å². The van der Waals surface area contributed by atoms with E-state index in [4.69, 9.17) is 4.98 Å². The summed E-state index contributed by atoms with van der Waals surface area (Å²) in [7, 11) is 0. The van der Waals surface area contributed by atoms with Crippen molar-refractivity contribution in [1.82, 2.24) is 9.97 Å². The van der Waals surface area contributed by atoms with Crippen molar-refractivity contribution in [2.24, 2.45) is 0 Å². The Bertz CT molecular complexity index is 689. The lowest BCUT2D eigenvalue weighted by Gasteiger charge is -2.04. The second kappa shape index (κ2) is 5.97. The molecule has 3 aromatic rings. The lowest BCUT2D eigenvalue weighted by Crippen LogP contribution is -1.90. The van der Waals surface area contributed by atoms with Crippen LogP contribution >= 0.6 is 11.3 Å². The first-order valence-electron chi connectivity index (χ1n) is 6.82. The van der Waals surface area contributed by atoms with Crippen LogP contribution in [0.15, 0.2) is 54.2 Å². The van der Waals surface area contributed by atoms with Crippen LogP contribution in [-0.4, -0.2) is 9.97 Å². The van der Waals surface area contributed by atoms with Crippen LogP contribution in [-0.2, 0) is 6.42 Å². The zero-order valence-corrected chi connectivity index (χ0v) is 12.2. The molecule has 0 atom stereocenters. The molecule has 2 aromatic heterocycles. The summed E-state index contributed by atoms with van der Waals surface area (Å²) < 4.78 is 0. The summed E-state index contributed by atoms with van der Waals surface area (Å²) in [5, 5.41) is 3.19. The van der Waals surface area contributed by atoms with Crippen LogP contribution in [0.4, 0.5) is 0 Å². The van der Waals surface area contributed by atoms with E-state index in [9.17, 15) is 0 Å². The third-order valence-corrected chi connectivity index (χ3v) is 4.12. The summed E-state index contributed by atoms with van der Waals surface area (Å²) >= 11 is 1.69. The maximum Gasteiger partial charge on any atom is 0.124 e. The fraction of sp³-hybridized carbons (Fsp3) is 0.176. The third-order valence-electron chi connectivity index (χ3n) is 3.23. The number of hydrogen-bond acceptors (Lipinski definition) is 3. The Morgan fingerprint density at radius 2 is 1.95 bits per heavy atom. The van der Waals surface area contributed by atoms with Gasteiger partial charge in [-0.1, -0.05) is 43.7 Å². The maximum absolute atomic E-state index is 4.77. The number of pyridine rings is 1. The van der Waals surface area contributed by atoms with Crippen molar-refractivity contribution in [2.45, 2.75) is 19.8 Å². The summed E-state index contributed by atoms with van der Waals surface area (Å²) in [5.41, 5.74) is 4.69. The van der Waals surface area contributed by atoms with Crippen LogP contribution in [0.3, 0.4) is 0 Å². The second-order valence-electron chi connectivity index (χ2n) is 4.69. The van der Waals surface area contributed by atoms with Gasteiger partial charge >= 0.3 is 0 Å². The lowest BCUT2D eigenvalue weighted by molar-refractivity contribution is 0.919. The van der Waals surface area contributed by atoms with Crippen molar-refractivity contribution >= 4 is 11.3 Å². The average Bonchev–Trinajstić information content (AvgIpc) is 2.99. The zero-order valence-electron chi connectivity index (χ0n) is 11.4. The Morgan fingerprint density at radius 1 is 1.10 bits per heavy atom. The minimum absolute atomic E-state index is 1.03. The second-order valence-corrected chi connectivity index (χ2v) is 5.54. The SMILES string of the molecule is CCCc1ccncc1-c1csc(-c2ccccc2)n1. The predicted octanol–water partition coefficient (Wildman–Crippen LogP) is 4.82. The normalized spacial score (nSPS) is 10.7. The number of hydrogen-bond donors (Lipinski definition) is 0. The van der Waals surface area contributed by atoms with Gasteiger partial charge in [0.1, 0.15) is 5.01 Å². The molecular formula is C17H16N2S. The van der Waals surface area contributed by atoms with Gasteiger partial charge in [0.25, 0.3) is 0 Å². The van der Waals surface area contributed by atoms with E-state index in [2.05, 4.69) is 35.5 Å². The third kappa shape index (κ3) is 2.63. The minimum atomic E-state index is 1.03. The quantitative estimate of drug-likeness (QED) is 0.684. The highest BCUT2D eigenvalue weighted by atomic mass is 32.1. The molecule has 0 spiro atoms. The summed E-state index contributed by atoms with van der Waals surface area (Å²) in [4.78, 5) is 9.02. The number of benzene rings is 1. The summed E-state index contributed by atoms with van der Waals surface area (Å²) in [6.45, 7) is 2.20. The molecule has 2 heterocycles. The van der Waals surface area contributed by atoms with E-state index in [1.807, 2.05) is 30.6 Å². The van der Waals surface area contributed by atoms with Gasteiger partial charge in [-0.15, -0.1) is 11.3 Å².